The van der Waals surface area contributed by atoms with Crippen LogP contribution in [0.3, 0.4) is 0 Å². The Bertz CT molecular complexity index is 549. The molecule has 1 aliphatic rings. The number of nitrogens with two attached hydrogens (primary N) is 1. The van der Waals surface area contributed by atoms with Crippen molar-refractivity contribution in [2.24, 2.45) is 11.7 Å². The van der Waals surface area contributed by atoms with Crippen molar-refractivity contribution < 1.29 is 4.92 Å². The van der Waals surface area contributed by atoms with Crippen molar-refractivity contribution in [3.63, 3.8) is 0 Å². The topological polar surface area (TPSA) is 118 Å². The number of hydrogen-bond acceptors (Lipinski definition) is 6. The van der Waals surface area contributed by atoms with Gasteiger partial charge < -0.3 is 11.1 Å². The summed E-state index contributed by atoms with van der Waals surface area (Å²) in [4.78, 5) is 14.7. The number of hydrogen-bond donors (Lipinski definition) is 2. The second-order valence-electron chi connectivity index (χ2n) is 5.31. The molecule has 1 aromatic rings. The molecule has 0 aromatic carbocycles. The van der Waals surface area contributed by atoms with Crippen molar-refractivity contribution in [1.29, 1.82) is 5.26 Å². The molecular formula is C14H19N5O2. The fourth-order valence-corrected chi connectivity index (χ4v) is 2.92. The molecule has 112 valence electrons. The monoisotopic (exact) mass is 289 g/mol. The lowest BCUT2D eigenvalue weighted by atomic mass is 9.84. The minimum absolute atomic E-state index is 0.0110. The van der Waals surface area contributed by atoms with Gasteiger partial charge in [-0.3, -0.25) is 10.1 Å². The number of nitrogens with zero attached hydrogens (tertiary/aromatic N) is 3. The first-order chi connectivity index (χ1) is 10.2. The molecular weight excluding hydrogens is 270 g/mol. The van der Waals surface area contributed by atoms with Gasteiger partial charge in [0.2, 0.25) is 5.82 Å². The molecule has 0 amide bonds. The van der Waals surface area contributed by atoms with Crippen LogP contribution in [0.4, 0.5) is 11.5 Å². The summed E-state index contributed by atoms with van der Waals surface area (Å²) in [6.45, 7) is 0.389. The quantitative estimate of drug-likeness (QED) is 0.633. The van der Waals surface area contributed by atoms with Gasteiger partial charge in [0.15, 0.2) is 0 Å². The highest BCUT2D eigenvalue weighted by molar-refractivity contribution is 5.64. The van der Waals surface area contributed by atoms with Gasteiger partial charge in [-0.1, -0.05) is 19.3 Å². The van der Waals surface area contributed by atoms with E-state index in [2.05, 4.69) is 10.3 Å². The van der Waals surface area contributed by atoms with Crippen LogP contribution in [-0.4, -0.2) is 22.5 Å². The number of nitrogens with one attached hydrogen (secondary N) is 1. The van der Waals surface area contributed by atoms with Gasteiger partial charge in [0, 0.05) is 18.8 Å². The highest BCUT2D eigenvalue weighted by atomic mass is 16.6. The number of anilines is 1. The van der Waals surface area contributed by atoms with Crippen LogP contribution in [0.5, 0.6) is 0 Å². The maximum atomic E-state index is 11.2. The van der Waals surface area contributed by atoms with E-state index in [1.165, 1.54) is 18.7 Å². The Morgan fingerprint density at radius 3 is 2.81 bits per heavy atom. The van der Waals surface area contributed by atoms with Gasteiger partial charge in [-0.2, -0.15) is 5.26 Å². The van der Waals surface area contributed by atoms with Crippen LogP contribution in [0.1, 0.15) is 37.7 Å². The molecule has 0 spiro atoms. The van der Waals surface area contributed by atoms with Crippen molar-refractivity contribution in [2.45, 2.75) is 38.1 Å². The molecule has 0 radical (unpaired) electrons. The smallest absolute Gasteiger partial charge is 0.328 e. The van der Waals surface area contributed by atoms with Crippen LogP contribution >= 0.6 is 0 Å². The maximum absolute atomic E-state index is 11.2. The predicted molar refractivity (Wildman–Crippen MR) is 78.6 cm³/mol. The van der Waals surface area contributed by atoms with E-state index in [1.54, 1.807) is 0 Å². The second-order valence-corrected chi connectivity index (χ2v) is 5.31. The number of nitriles is 1. The van der Waals surface area contributed by atoms with Crippen molar-refractivity contribution in [2.75, 3.05) is 11.9 Å². The highest BCUT2D eigenvalue weighted by Crippen LogP contribution is 2.31. The van der Waals surface area contributed by atoms with E-state index in [0.717, 1.165) is 25.7 Å². The third-order valence-electron chi connectivity index (χ3n) is 4.02. The Morgan fingerprint density at radius 2 is 2.24 bits per heavy atom. The first kappa shape index (κ1) is 15.2. The van der Waals surface area contributed by atoms with Crippen LogP contribution in [0, 0.1) is 27.4 Å². The van der Waals surface area contributed by atoms with Crippen molar-refractivity contribution in [3.8, 4) is 6.07 Å². The van der Waals surface area contributed by atoms with Crippen molar-refractivity contribution in [3.05, 3.63) is 27.9 Å². The molecule has 1 fully saturated rings. The molecule has 3 N–H and O–H groups in total. The molecule has 21 heavy (non-hydrogen) atoms. The fraction of sp³-hybridized carbons (Fsp3) is 0.571. The zero-order valence-corrected chi connectivity index (χ0v) is 11.8. The lowest BCUT2D eigenvalue weighted by Crippen LogP contribution is -2.37. The minimum atomic E-state index is -0.567. The Balaban J connectivity index is 2.25. The molecule has 1 saturated carbocycles. The lowest BCUT2D eigenvalue weighted by Gasteiger charge is -2.30. The number of pyridine rings is 1. The highest BCUT2D eigenvalue weighted by Gasteiger charge is 2.27. The van der Waals surface area contributed by atoms with E-state index in [4.69, 9.17) is 11.0 Å². The molecule has 1 aromatic heterocycles. The third-order valence-corrected chi connectivity index (χ3v) is 4.02. The van der Waals surface area contributed by atoms with Crippen LogP contribution in [0.2, 0.25) is 0 Å². The van der Waals surface area contributed by atoms with Crippen LogP contribution < -0.4 is 11.1 Å². The van der Waals surface area contributed by atoms with E-state index in [1.807, 2.05) is 6.07 Å². The average Bonchev–Trinajstić information content (AvgIpc) is 2.52. The number of aromatic nitrogens is 1. The van der Waals surface area contributed by atoms with E-state index in [-0.39, 0.29) is 23.1 Å². The summed E-state index contributed by atoms with van der Waals surface area (Å²) in [5.74, 6) is 0.538. The molecule has 1 heterocycles. The van der Waals surface area contributed by atoms with Gasteiger partial charge in [-0.05, 0) is 24.8 Å². The molecule has 7 heteroatoms. The summed E-state index contributed by atoms with van der Waals surface area (Å²) in [5, 5.41) is 23.3. The summed E-state index contributed by atoms with van der Waals surface area (Å²) in [6, 6.07) is 3.13. The summed E-state index contributed by atoms with van der Waals surface area (Å²) in [7, 11) is 0. The first-order valence-electron chi connectivity index (χ1n) is 7.17. The largest absolute Gasteiger partial charge is 0.360 e. The average molecular weight is 289 g/mol. The molecule has 1 unspecified atom stereocenters. The molecule has 0 saturated heterocycles. The molecule has 1 atom stereocenters. The maximum Gasteiger partial charge on any atom is 0.328 e. The van der Waals surface area contributed by atoms with Crippen LogP contribution in [0.25, 0.3) is 0 Å². The van der Waals surface area contributed by atoms with Gasteiger partial charge in [0.05, 0.1) is 4.92 Å². The first-order valence-corrected chi connectivity index (χ1v) is 7.17. The van der Waals surface area contributed by atoms with Crippen LogP contribution in [0.15, 0.2) is 12.3 Å². The van der Waals surface area contributed by atoms with E-state index in [9.17, 15) is 10.1 Å². The predicted octanol–water partition coefficient (Wildman–Crippen LogP) is 2.18. The number of nitro groups is 1. The van der Waals surface area contributed by atoms with Gasteiger partial charge in [-0.25, -0.2) is 4.98 Å². The Hall–Kier alpha value is -2.20. The molecule has 0 aliphatic heterocycles. The fourth-order valence-electron chi connectivity index (χ4n) is 2.92. The van der Waals surface area contributed by atoms with Crippen molar-refractivity contribution >= 4 is 11.5 Å². The van der Waals surface area contributed by atoms with E-state index >= 15 is 0 Å². The van der Waals surface area contributed by atoms with Gasteiger partial charge >= 0.3 is 5.69 Å². The zero-order valence-electron chi connectivity index (χ0n) is 11.8. The number of rotatable bonds is 5. The standard InChI is InChI=1S/C14H19N5O2/c15-8-11-6-7-17-14(13(11)19(20)21)18-12(9-16)10-4-2-1-3-5-10/h6-7,10,12H,1-5,9,16H2,(H,17,18). The summed E-state index contributed by atoms with van der Waals surface area (Å²) in [6.07, 6.45) is 7.10. The van der Waals surface area contributed by atoms with Gasteiger partial charge in [0.1, 0.15) is 11.6 Å². The molecule has 7 nitrogen and oxygen atoms in total. The van der Waals surface area contributed by atoms with E-state index in [0.29, 0.717) is 12.5 Å². The lowest BCUT2D eigenvalue weighted by molar-refractivity contribution is -0.384. The van der Waals surface area contributed by atoms with Gasteiger partial charge in [0.25, 0.3) is 0 Å². The molecule has 2 rings (SSSR count). The Morgan fingerprint density at radius 1 is 1.52 bits per heavy atom. The summed E-state index contributed by atoms with van der Waals surface area (Å²) < 4.78 is 0. The molecule has 0 bridgehead atoms. The van der Waals surface area contributed by atoms with Gasteiger partial charge in [-0.15, -0.1) is 0 Å². The normalized spacial score (nSPS) is 17.0. The minimum Gasteiger partial charge on any atom is -0.360 e. The second kappa shape index (κ2) is 6.99. The summed E-state index contributed by atoms with van der Waals surface area (Å²) in [5.41, 5.74) is 5.56. The van der Waals surface area contributed by atoms with Crippen LogP contribution in [-0.2, 0) is 0 Å². The molecule has 1 aliphatic carbocycles. The van der Waals surface area contributed by atoms with Crippen molar-refractivity contribution in [1.82, 2.24) is 4.98 Å². The Kier molecular flexibility index (Phi) is 5.06. The third kappa shape index (κ3) is 3.47. The van der Waals surface area contributed by atoms with E-state index < -0.39 is 4.92 Å². The Labute approximate surface area is 123 Å². The summed E-state index contributed by atoms with van der Waals surface area (Å²) >= 11 is 0. The zero-order chi connectivity index (χ0) is 15.2. The SMILES string of the molecule is N#Cc1ccnc(NC(CN)C2CCCCC2)c1[N+](=O)[O-].